The van der Waals surface area contributed by atoms with Crippen molar-refractivity contribution in [2.24, 2.45) is 0 Å². The molecule has 0 aliphatic carbocycles. The molecule has 1 atom stereocenters. The van der Waals surface area contributed by atoms with Gasteiger partial charge in [0.05, 0.1) is 5.52 Å². The second-order valence-corrected chi connectivity index (χ2v) is 8.11. The van der Waals surface area contributed by atoms with Crippen LogP contribution in [0.1, 0.15) is 32.6 Å². The molecule has 134 valence electrons. The number of sulfonamides is 1. The van der Waals surface area contributed by atoms with E-state index in [0.29, 0.717) is 31.4 Å². The maximum absolute atomic E-state index is 13.2. The predicted octanol–water partition coefficient (Wildman–Crippen LogP) is 2.30. The summed E-state index contributed by atoms with van der Waals surface area (Å²) in [5.41, 5.74) is 0.446. The van der Waals surface area contributed by atoms with Crippen LogP contribution in [0.15, 0.2) is 41.4 Å². The molecular weight excluding hydrogens is 338 g/mol. The third-order valence-electron chi connectivity index (χ3n) is 4.52. The zero-order chi connectivity index (χ0) is 17.9. The largest absolute Gasteiger partial charge is 0.355 e. The minimum atomic E-state index is -3.78. The molecule has 1 aromatic heterocycles. The van der Waals surface area contributed by atoms with Crippen LogP contribution in [-0.4, -0.2) is 42.7 Å². The first-order valence-corrected chi connectivity index (χ1v) is 10.1. The molecule has 1 saturated heterocycles. The number of carbonyl (C=O) groups is 1. The lowest BCUT2D eigenvalue weighted by atomic mass is 10.2. The Labute approximate surface area is 148 Å². The average Bonchev–Trinajstić information content (AvgIpc) is 3.12. The normalized spacial score (nSPS) is 18.5. The van der Waals surface area contributed by atoms with Crippen LogP contribution < -0.4 is 5.32 Å². The van der Waals surface area contributed by atoms with Gasteiger partial charge in [-0.1, -0.05) is 31.5 Å². The van der Waals surface area contributed by atoms with E-state index in [0.717, 1.165) is 18.2 Å². The summed E-state index contributed by atoms with van der Waals surface area (Å²) in [6.07, 6.45) is 4.69. The molecule has 0 spiro atoms. The molecule has 0 unspecified atom stereocenters. The molecule has 25 heavy (non-hydrogen) atoms. The van der Waals surface area contributed by atoms with Crippen molar-refractivity contribution in [1.82, 2.24) is 14.6 Å². The monoisotopic (exact) mass is 361 g/mol. The van der Waals surface area contributed by atoms with E-state index < -0.39 is 16.1 Å². The van der Waals surface area contributed by atoms with Gasteiger partial charge in [-0.3, -0.25) is 9.78 Å². The summed E-state index contributed by atoms with van der Waals surface area (Å²) in [4.78, 5) is 16.8. The van der Waals surface area contributed by atoms with Gasteiger partial charge >= 0.3 is 0 Å². The van der Waals surface area contributed by atoms with Gasteiger partial charge in [-0.15, -0.1) is 0 Å². The number of hydrogen-bond acceptors (Lipinski definition) is 4. The molecule has 0 radical (unpaired) electrons. The van der Waals surface area contributed by atoms with E-state index in [2.05, 4.69) is 10.3 Å². The van der Waals surface area contributed by atoms with E-state index in [1.807, 2.05) is 19.1 Å². The molecule has 0 bridgehead atoms. The maximum Gasteiger partial charge on any atom is 0.245 e. The summed E-state index contributed by atoms with van der Waals surface area (Å²) in [5.74, 6) is -0.206. The second kappa shape index (κ2) is 7.49. The van der Waals surface area contributed by atoms with Crippen LogP contribution in [-0.2, 0) is 14.8 Å². The molecule has 0 saturated carbocycles. The molecule has 6 nitrogen and oxygen atoms in total. The number of benzene rings is 1. The van der Waals surface area contributed by atoms with Gasteiger partial charge in [0, 0.05) is 24.7 Å². The molecule has 1 fully saturated rings. The Morgan fingerprint density at radius 3 is 2.92 bits per heavy atom. The third kappa shape index (κ3) is 3.52. The topological polar surface area (TPSA) is 79.4 Å². The molecule has 7 heteroatoms. The summed E-state index contributed by atoms with van der Waals surface area (Å²) in [7, 11) is -3.78. The molecule has 1 aliphatic heterocycles. The van der Waals surface area contributed by atoms with E-state index in [-0.39, 0.29) is 10.8 Å². The fraction of sp³-hybridized carbons (Fsp3) is 0.444. The van der Waals surface area contributed by atoms with Gasteiger partial charge in [-0.05, 0) is 31.4 Å². The van der Waals surface area contributed by atoms with E-state index in [9.17, 15) is 13.2 Å². The van der Waals surface area contributed by atoms with Crippen LogP contribution in [0, 0.1) is 0 Å². The van der Waals surface area contributed by atoms with Crippen LogP contribution in [0.25, 0.3) is 10.9 Å². The van der Waals surface area contributed by atoms with Crippen LogP contribution in [0.2, 0.25) is 0 Å². The predicted molar refractivity (Wildman–Crippen MR) is 96.6 cm³/mol. The fourth-order valence-electron chi connectivity index (χ4n) is 3.21. The van der Waals surface area contributed by atoms with Crippen molar-refractivity contribution in [2.75, 3.05) is 13.1 Å². The minimum absolute atomic E-state index is 0.166. The van der Waals surface area contributed by atoms with Gasteiger partial charge in [0.1, 0.15) is 10.9 Å². The lowest BCUT2D eigenvalue weighted by Crippen LogP contribution is -2.46. The molecule has 1 aromatic carbocycles. The number of nitrogens with zero attached hydrogens (tertiary/aromatic N) is 2. The van der Waals surface area contributed by atoms with Crippen molar-refractivity contribution in [3.05, 3.63) is 36.5 Å². The van der Waals surface area contributed by atoms with Gasteiger partial charge in [0.25, 0.3) is 0 Å². The Hall–Kier alpha value is -1.99. The standard InChI is InChI=1S/C18H23N3O3S/c1-2-3-11-20-18(22)15-9-6-13-21(15)25(23,24)16-10-4-7-14-8-5-12-19-17(14)16/h4-5,7-8,10,12,15H,2-3,6,9,11,13H2,1H3,(H,20,22)/t15-/m0/s1. The van der Waals surface area contributed by atoms with Crippen LogP contribution in [0.4, 0.5) is 0 Å². The molecule has 1 aliphatic rings. The Bertz CT molecular complexity index is 862. The van der Waals surface area contributed by atoms with E-state index in [1.54, 1.807) is 24.4 Å². The van der Waals surface area contributed by atoms with Crippen molar-refractivity contribution in [1.29, 1.82) is 0 Å². The summed E-state index contributed by atoms with van der Waals surface area (Å²) in [6, 6.07) is 8.08. The second-order valence-electron chi connectivity index (χ2n) is 6.25. The highest BCUT2D eigenvalue weighted by Gasteiger charge is 2.40. The lowest BCUT2D eigenvalue weighted by molar-refractivity contribution is -0.124. The minimum Gasteiger partial charge on any atom is -0.355 e. The van der Waals surface area contributed by atoms with Crippen LogP contribution in [0.3, 0.4) is 0 Å². The Morgan fingerprint density at radius 2 is 2.12 bits per heavy atom. The summed E-state index contributed by atoms with van der Waals surface area (Å²) < 4.78 is 27.7. The van der Waals surface area contributed by atoms with Gasteiger partial charge in [0.15, 0.2) is 0 Å². The van der Waals surface area contributed by atoms with Gasteiger partial charge < -0.3 is 5.32 Å². The summed E-state index contributed by atoms with van der Waals surface area (Å²) in [5, 5.41) is 3.63. The zero-order valence-electron chi connectivity index (χ0n) is 14.3. The van der Waals surface area contributed by atoms with E-state index in [1.165, 1.54) is 4.31 Å². The van der Waals surface area contributed by atoms with E-state index >= 15 is 0 Å². The number of hydrogen-bond donors (Lipinski definition) is 1. The molecule has 2 aromatic rings. The number of amides is 1. The van der Waals surface area contributed by atoms with Gasteiger partial charge in [-0.25, -0.2) is 8.42 Å². The number of fused-ring (bicyclic) bond motifs is 1. The van der Waals surface area contributed by atoms with Gasteiger partial charge in [-0.2, -0.15) is 4.31 Å². The fourth-order valence-corrected chi connectivity index (χ4v) is 5.03. The molecule has 2 heterocycles. The summed E-state index contributed by atoms with van der Waals surface area (Å²) >= 11 is 0. The molecule has 1 amide bonds. The number of rotatable bonds is 6. The van der Waals surface area contributed by atoms with Crippen molar-refractivity contribution in [3.8, 4) is 0 Å². The number of aromatic nitrogens is 1. The number of pyridine rings is 1. The van der Waals surface area contributed by atoms with Crippen molar-refractivity contribution in [3.63, 3.8) is 0 Å². The SMILES string of the molecule is CCCCNC(=O)[C@@H]1CCCN1S(=O)(=O)c1cccc2cccnc12. The Kier molecular flexibility index (Phi) is 5.34. The number of nitrogens with one attached hydrogen (secondary N) is 1. The van der Waals surface area contributed by atoms with Crippen molar-refractivity contribution < 1.29 is 13.2 Å². The summed E-state index contributed by atoms with van der Waals surface area (Å²) in [6.45, 7) is 2.99. The number of carbonyl (C=O) groups excluding carboxylic acids is 1. The first-order chi connectivity index (χ1) is 12.1. The highest BCUT2D eigenvalue weighted by Crippen LogP contribution is 2.29. The Balaban J connectivity index is 1.91. The van der Waals surface area contributed by atoms with Crippen molar-refractivity contribution >= 4 is 26.8 Å². The first-order valence-electron chi connectivity index (χ1n) is 8.69. The van der Waals surface area contributed by atoms with Gasteiger partial charge in [0.2, 0.25) is 15.9 Å². The highest BCUT2D eigenvalue weighted by molar-refractivity contribution is 7.89. The number of unbranched alkanes of at least 4 members (excludes halogenated alkanes) is 1. The van der Waals surface area contributed by atoms with E-state index in [4.69, 9.17) is 0 Å². The molecule has 1 N–H and O–H groups in total. The average molecular weight is 361 g/mol. The smallest absolute Gasteiger partial charge is 0.245 e. The lowest BCUT2D eigenvalue weighted by Gasteiger charge is -2.23. The first kappa shape index (κ1) is 17.8. The van der Waals surface area contributed by atoms with Crippen molar-refractivity contribution in [2.45, 2.75) is 43.5 Å². The molecular formula is C18H23N3O3S. The quantitative estimate of drug-likeness (QED) is 0.801. The zero-order valence-corrected chi connectivity index (χ0v) is 15.1. The molecule has 3 rings (SSSR count). The van der Waals surface area contributed by atoms with Crippen LogP contribution >= 0.6 is 0 Å². The maximum atomic E-state index is 13.2. The number of para-hydroxylation sites is 1. The highest BCUT2D eigenvalue weighted by atomic mass is 32.2. The Morgan fingerprint density at radius 1 is 1.32 bits per heavy atom. The third-order valence-corrected chi connectivity index (χ3v) is 6.46. The van der Waals surface area contributed by atoms with Crippen LogP contribution in [0.5, 0.6) is 0 Å².